The van der Waals surface area contributed by atoms with Crippen LogP contribution in [0.5, 0.6) is 0 Å². The minimum atomic E-state index is -0.252. The topological polar surface area (TPSA) is 76.0 Å². The Morgan fingerprint density at radius 1 is 1.29 bits per heavy atom. The van der Waals surface area contributed by atoms with E-state index in [9.17, 15) is 9.59 Å². The highest BCUT2D eigenvalue weighted by atomic mass is 16.1. The fraction of sp³-hybridized carbons (Fsp3) is 0.200. The summed E-state index contributed by atoms with van der Waals surface area (Å²) in [5.41, 5.74) is 7.15. The molecule has 0 amide bonds. The van der Waals surface area contributed by atoms with Gasteiger partial charge in [-0.2, -0.15) is 0 Å². The molecular formula is C10H10N2O2. The molecule has 1 aliphatic rings. The highest BCUT2D eigenvalue weighted by Crippen LogP contribution is 2.23. The first-order valence-electron chi connectivity index (χ1n) is 4.35. The van der Waals surface area contributed by atoms with E-state index in [-0.39, 0.29) is 17.6 Å². The second-order valence-corrected chi connectivity index (χ2v) is 3.34. The zero-order valence-corrected chi connectivity index (χ0v) is 7.70. The molecule has 3 N–H and O–H groups in total. The zero-order valence-electron chi connectivity index (χ0n) is 7.70. The number of H-pyrrole nitrogens is 1. The summed E-state index contributed by atoms with van der Waals surface area (Å²) in [6.45, 7) is 1.78. The van der Waals surface area contributed by atoms with Crippen LogP contribution in [0.1, 0.15) is 39.4 Å². The lowest BCUT2D eigenvalue weighted by molar-refractivity contribution is 0.0991. The van der Waals surface area contributed by atoms with Gasteiger partial charge in [-0.3, -0.25) is 9.59 Å². The maximum Gasteiger partial charge on any atom is 0.202 e. The summed E-state index contributed by atoms with van der Waals surface area (Å²) in [6.07, 6.45) is 4.18. The number of carbonyl (C=O) groups is 2. The van der Waals surface area contributed by atoms with Crippen molar-refractivity contribution in [3.05, 3.63) is 35.2 Å². The van der Waals surface area contributed by atoms with Gasteiger partial charge in [-0.05, 0) is 24.6 Å². The maximum absolute atomic E-state index is 11.5. The van der Waals surface area contributed by atoms with Crippen LogP contribution < -0.4 is 5.73 Å². The zero-order chi connectivity index (χ0) is 10.3. The van der Waals surface area contributed by atoms with Crippen LogP contribution in [0, 0.1) is 0 Å². The van der Waals surface area contributed by atoms with Crippen molar-refractivity contribution in [1.29, 1.82) is 0 Å². The summed E-state index contributed by atoms with van der Waals surface area (Å²) in [6, 6.07) is -0.252. The first-order valence-corrected chi connectivity index (χ1v) is 4.35. The molecule has 0 saturated carbocycles. The lowest BCUT2D eigenvalue weighted by Crippen LogP contribution is -2.14. The number of hydrogen-bond acceptors (Lipinski definition) is 3. The highest BCUT2D eigenvalue weighted by molar-refractivity contribution is 6.22. The van der Waals surface area contributed by atoms with Crippen molar-refractivity contribution in [3.63, 3.8) is 0 Å². The van der Waals surface area contributed by atoms with Gasteiger partial charge in [0.25, 0.3) is 0 Å². The maximum atomic E-state index is 11.5. The van der Waals surface area contributed by atoms with Crippen LogP contribution in [0.3, 0.4) is 0 Å². The lowest BCUT2D eigenvalue weighted by atomic mass is 9.96. The molecule has 0 aromatic carbocycles. The minimum absolute atomic E-state index is 0.159. The molecule has 2 rings (SSSR count). The van der Waals surface area contributed by atoms with Gasteiger partial charge in [-0.25, -0.2) is 0 Å². The number of aromatic amines is 1. The number of rotatable bonds is 1. The van der Waals surface area contributed by atoms with E-state index in [0.717, 1.165) is 0 Å². The van der Waals surface area contributed by atoms with Crippen molar-refractivity contribution >= 4 is 11.6 Å². The number of ketones is 2. The Kier molecular flexibility index (Phi) is 1.86. The molecule has 1 unspecified atom stereocenters. The molecule has 1 aliphatic carbocycles. The van der Waals surface area contributed by atoms with Gasteiger partial charge in [-0.1, -0.05) is 0 Å². The molecule has 72 valence electrons. The molecule has 0 radical (unpaired) electrons. The summed E-state index contributed by atoms with van der Waals surface area (Å²) < 4.78 is 0. The van der Waals surface area contributed by atoms with Crippen molar-refractivity contribution in [3.8, 4) is 0 Å². The van der Waals surface area contributed by atoms with Gasteiger partial charge in [-0.15, -0.1) is 0 Å². The molecule has 1 aromatic heterocycles. The second-order valence-electron chi connectivity index (χ2n) is 3.34. The van der Waals surface area contributed by atoms with E-state index in [1.165, 1.54) is 12.2 Å². The van der Waals surface area contributed by atoms with Gasteiger partial charge < -0.3 is 10.7 Å². The Morgan fingerprint density at radius 3 is 2.57 bits per heavy atom. The summed E-state index contributed by atoms with van der Waals surface area (Å²) in [5, 5.41) is 0. The number of nitrogens with two attached hydrogens (primary N) is 1. The molecule has 0 saturated heterocycles. The Balaban J connectivity index is 2.64. The summed E-state index contributed by atoms with van der Waals surface area (Å²) >= 11 is 0. The first kappa shape index (κ1) is 8.90. The van der Waals surface area contributed by atoms with E-state index in [4.69, 9.17) is 5.73 Å². The average molecular weight is 190 g/mol. The number of nitrogens with one attached hydrogen (secondary N) is 1. The summed E-state index contributed by atoms with van der Waals surface area (Å²) in [5.74, 6) is -0.334. The molecule has 1 aromatic rings. The van der Waals surface area contributed by atoms with E-state index in [1.807, 2.05) is 0 Å². The van der Waals surface area contributed by atoms with E-state index in [2.05, 4.69) is 4.98 Å². The number of fused-ring (bicyclic) bond motifs is 1. The third-order valence-electron chi connectivity index (χ3n) is 2.28. The van der Waals surface area contributed by atoms with Gasteiger partial charge in [0.1, 0.15) is 0 Å². The summed E-state index contributed by atoms with van der Waals surface area (Å²) in [7, 11) is 0. The third kappa shape index (κ3) is 1.12. The molecule has 4 nitrogen and oxygen atoms in total. The molecular weight excluding hydrogens is 180 g/mol. The average Bonchev–Trinajstić information content (AvgIpc) is 2.56. The minimum Gasteiger partial charge on any atom is -0.358 e. The predicted molar refractivity (Wildman–Crippen MR) is 51.2 cm³/mol. The van der Waals surface area contributed by atoms with Crippen LogP contribution in [0.2, 0.25) is 0 Å². The normalized spacial score (nSPS) is 17.0. The van der Waals surface area contributed by atoms with Gasteiger partial charge in [0.15, 0.2) is 5.78 Å². The van der Waals surface area contributed by atoms with E-state index < -0.39 is 0 Å². The standard InChI is InChI=1S/C10H10N2O2/c1-5(11)6-4-12-10-8(14)3-2-7(13)9(6)10/h2-5,12H,11H2,1H3. The number of carbonyl (C=O) groups excluding carboxylic acids is 2. The Labute approximate surface area is 80.8 Å². The van der Waals surface area contributed by atoms with Crippen molar-refractivity contribution in [2.75, 3.05) is 0 Å². The van der Waals surface area contributed by atoms with E-state index in [0.29, 0.717) is 16.8 Å². The smallest absolute Gasteiger partial charge is 0.202 e. The molecule has 1 atom stereocenters. The Bertz CT molecular complexity index is 441. The van der Waals surface area contributed by atoms with Crippen molar-refractivity contribution in [2.24, 2.45) is 5.73 Å². The largest absolute Gasteiger partial charge is 0.358 e. The summed E-state index contributed by atoms with van der Waals surface area (Å²) in [4.78, 5) is 25.6. The van der Waals surface area contributed by atoms with Crippen LogP contribution in [0.15, 0.2) is 18.3 Å². The van der Waals surface area contributed by atoms with Crippen LogP contribution >= 0.6 is 0 Å². The van der Waals surface area contributed by atoms with Crippen LogP contribution in [0.4, 0.5) is 0 Å². The third-order valence-corrected chi connectivity index (χ3v) is 2.28. The fourth-order valence-electron chi connectivity index (χ4n) is 1.58. The monoisotopic (exact) mass is 190 g/mol. The van der Waals surface area contributed by atoms with Crippen LogP contribution in [-0.2, 0) is 0 Å². The highest BCUT2D eigenvalue weighted by Gasteiger charge is 2.25. The van der Waals surface area contributed by atoms with Crippen molar-refractivity contribution in [1.82, 2.24) is 4.98 Å². The Morgan fingerprint density at radius 2 is 1.93 bits per heavy atom. The number of allylic oxidation sites excluding steroid dienone is 2. The first-order chi connectivity index (χ1) is 6.61. The Hall–Kier alpha value is -1.68. The second kappa shape index (κ2) is 2.92. The molecule has 14 heavy (non-hydrogen) atoms. The molecule has 4 heteroatoms. The predicted octanol–water partition coefficient (Wildman–Crippen LogP) is 0.970. The van der Waals surface area contributed by atoms with Crippen LogP contribution in [-0.4, -0.2) is 16.6 Å². The van der Waals surface area contributed by atoms with Gasteiger partial charge in [0, 0.05) is 12.2 Å². The lowest BCUT2D eigenvalue weighted by Gasteiger charge is -2.08. The molecule has 0 bridgehead atoms. The van der Waals surface area contributed by atoms with Crippen molar-refractivity contribution < 1.29 is 9.59 Å². The van der Waals surface area contributed by atoms with Crippen molar-refractivity contribution in [2.45, 2.75) is 13.0 Å². The molecule has 0 fully saturated rings. The molecule has 0 spiro atoms. The number of aromatic nitrogens is 1. The van der Waals surface area contributed by atoms with Crippen LogP contribution in [0.25, 0.3) is 0 Å². The quantitative estimate of drug-likeness (QED) is 0.692. The molecule has 1 heterocycles. The van der Waals surface area contributed by atoms with E-state index in [1.54, 1.807) is 13.1 Å². The number of hydrogen-bond donors (Lipinski definition) is 2. The van der Waals surface area contributed by atoms with Gasteiger partial charge in [0.2, 0.25) is 5.78 Å². The van der Waals surface area contributed by atoms with E-state index >= 15 is 0 Å². The van der Waals surface area contributed by atoms with Gasteiger partial charge >= 0.3 is 0 Å². The molecule has 0 aliphatic heterocycles. The SMILES string of the molecule is CC(N)c1c[nH]c2c1C(=O)C=CC2=O. The fourth-order valence-corrected chi connectivity index (χ4v) is 1.58. The van der Waals surface area contributed by atoms with Gasteiger partial charge in [0.05, 0.1) is 11.3 Å².